The summed E-state index contributed by atoms with van der Waals surface area (Å²) in [6, 6.07) is 0. The average molecular weight is 240 g/mol. The number of aliphatic hydroxyl groups excluding tert-OH is 1. The monoisotopic (exact) mass is 240 g/mol. The number of carbonyl (C=O) groups is 1. The second kappa shape index (κ2) is 6.39. The lowest BCUT2D eigenvalue weighted by atomic mass is 10.2. The third-order valence-corrected chi connectivity index (χ3v) is 2.28. The predicted molar refractivity (Wildman–Crippen MR) is 63.9 cm³/mol. The van der Waals surface area contributed by atoms with Crippen LogP contribution in [0.4, 0.5) is 0 Å². The lowest BCUT2D eigenvalue weighted by Crippen LogP contribution is -2.12. The number of carbonyl (C=O) groups excluding carboxylic acids is 1. The quantitative estimate of drug-likeness (QED) is 0.738. The normalized spacial score (nSPS) is 12.5. The van der Waals surface area contributed by atoms with Gasteiger partial charge in [-0.1, -0.05) is 6.92 Å². The van der Waals surface area contributed by atoms with E-state index in [2.05, 4.69) is 9.97 Å². The van der Waals surface area contributed by atoms with Gasteiger partial charge >= 0.3 is 5.97 Å². The van der Waals surface area contributed by atoms with Gasteiger partial charge in [-0.2, -0.15) is 0 Å². The van der Waals surface area contributed by atoms with Crippen LogP contribution in [0.1, 0.15) is 49.2 Å². The van der Waals surface area contributed by atoms with Gasteiger partial charge in [-0.15, -0.1) is 0 Å². The Labute approximate surface area is 101 Å². The van der Waals surface area contributed by atoms with Gasteiger partial charge in [0.15, 0.2) is 0 Å². The van der Waals surface area contributed by atoms with Crippen molar-refractivity contribution in [1.82, 2.24) is 9.97 Å². The number of ether oxygens (including phenoxy) is 1. The van der Waals surface area contributed by atoms with Crippen LogP contribution in [0, 0.1) is 0 Å². The number of esters is 1. The van der Waals surface area contributed by atoms with Gasteiger partial charge in [-0.05, 0) is 20.3 Å². The number of nitrogens with one attached hydrogen (secondary N) is 1. The van der Waals surface area contributed by atoms with Crippen molar-refractivity contribution in [3.63, 3.8) is 0 Å². The number of nitrogens with zero attached hydrogens (tertiary/aromatic N) is 1. The minimum Gasteiger partial charge on any atom is -0.461 e. The highest BCUT2D eigenvalue weighted by atomic mass is 16.5. The van der Waals surface area contributed by atoms with E-state index >= 15 is 0 Å². The van der Waals surface area contributed by atoms with Crippen molar-refractivity contribution < 1.29 is 14.6 Å². The fourth-order valence-corrected chi connectivity index (χ4v) is 1.62. The first-order valence-corrected chi connectivity index (χ1v) is 6.01. The van der Waals surface area contributed by atoms with E-state index in [0.29, 0.717) is 24.4 Å². The van der Waals surface area contributed by atoms with Crippen molar-refractivity contribution in [2.75, 3.05) is 6.61 Å². The largest absolute Gasteiger partial charge is 0.461 e. The summed E-state index contributed by atoms with van der Waals surface area (Å²) in [7, 11) is 0. The Morgan fingerprint density at radius 2 is 2.24 bits per heavy atom. The standard InChI is InChI=1S/C12H20N2O3/c1-4-6-10-13-9(7-8(3)15)11(14-10)12(16)17-5-2/h8,15H,4-7H2,1-3H3,(H,13,14). The molecule has 0 aliphatic carbocycles. The fourth-order valence-electron chi connectivity index (χ4n) is 1.62. The van der Waals surface area contributed by atoms with Gasteiger partial charge < -0.3 is 14.8 Å². The van der Waals surface area contributed by atoms with Gasteiger partial charge in [0.1, 0.15) is 11.5 Å². The first-order valence-electron chi connectivity index (χ1n) is 6.01. The van der Waals surface area contributed by atoms with Gasteiger partial charge in [0, 0.05) is 12.8 Å². The molecule has 0 radical (unpaired) electrons. The first-order chi connectivity index (χ1) is 8.08. The van der Waals surface area contributed by atoms with E-state index in [4.69, 9.17) is 4.74 Å². The van der Waals surface area contributed by atoms with Gasteiger partial charge in [0.25, 0.3) is 0 Å². The fraction of sp³-hybridized carbons (Fsp3) is 0.667. The van der Waals surface area contributed by atoms with Crippen LogP contribution in [0.5, 0.6) is 0 Å². The van der Waals surface area contributed by atoms with Gasteiger partial charge in [0.2, 0.25) is 0 Å². The van der Waals surface area contributed by atoms with E-state index in [1.807, 2.05) is 6.92 Å². The number of rotatable bonds is 6. The Kier molecular flexibility index (Phi) is 5.15. The topological polar surface area (TPSA) is 75.2 Å². The zero-order chi connectivity index (χ0) is 12.8. The molecule has 0 bridgehead atoms. The lowest BCUT2D eigenvalue weighted by Gasteiger charge is -2.03. The molecular weight excluding hydrogens is 220 g/mol. The molecule has 1 rings (SSSR count). The molecule has 5 heteroatoms. The number of aliphatic hydroxyl groups is 1. The Morgan fingerprint density at radius 3 is 2.76 bits per heavy atom. The molecule has 1 aromatic rings. The molecule has 0 saturated carbocycles. The van der Waals surface area contributed by atoms with Gasteiger partial charge in [-0.25, -0.2) is 9.78 Å². The molecule has 1 unspecified atom stereocenters. The zero-order valence-electron chi connectivity index (χ0n) is 10.6. The maximum absolute atomic E-state index is 11.7. The van der Waals surface area contributed by atoms with Crippen molar-refractivity contribution in [2.24, 2.45) is 0 Å². The molecule has 1 atom stereocenters. The first kappa shape index (κ1) is 13.7. The number of aromatic amines is 1. The molecule has 2 N–H and O–H groups in total. The molecule has 0 aromatic carbocycles. The molecular formula is C12H20N2O3. The smallest absolute Gasteiger partial charge is 0.356 e. The van der Waals surface area contributed by atoms with Crippen molar-refractivity contribution in [2.45, 2.75) is 46.1 Å². The van der Waals surface area contributed by atoms with Crippen LogP contribution in [-0.2, 0) is 17.6 Å². The summed E-state index contributed by atoms with van der Waals surface area (Å²) >= 11 is 0. The average Bonchev–Trinajstić information content (AvgIpc) is 2.61. The molecule has 0 aliphatic rings. The molecule has 0 spiro atoms. The molecule has 96 valence electrons. The van der Waals surface area contributed by atoms with Crippen LogP contribution < -0.4 is 0 Å². The number of aromatic nitrogens is 2. The Hall–Kier alpha value is -1.36. The van der Waals surface area contributed by atoms with Gasteiger partial charge in [-0.3, -0.25) is 0 Å². The van der Waals surface area contributed by atoms with E-state index in [1.165, 1.54) is 0 Å². The SMILES string of the molecule is CCCc1nc(CC(C)O)c(C(=O)OCC)[nH]1. The molecule has 1 aromatic heterocycles. The Morgan fingerprint density at radius 1 is 1.53 bits per heavy atom. The molecule has 0 amide bonds. The van der Waals surface area contributed by atoms with Crippen LogP contribution in [-0.4, -0.2) is 33.8 Å². The van der Waals surface area contributed by atoms with Crippen LogP contribution in [0.3, 0.4) is 0 Å². The maximum Gasteiger partial charge on any atom is 0.356 e. The van der Waals surface area contributed by atoms with Crippen molar-refractivity contribution >= 4 is 5.97 Å². The van der Waals surface area contributed by atoms with E-state index in [1.54, 1.807) is 13.8 Å². The Balaban J connectivity index is 2.94. The third kappa shape index (κ3) is 3.85. The summed E-state index contributed by atoms with van der Waals surface area (Å²) < 4.78 is 4.95. The molecule has 5 nitrogen and oxygen atoms in total. The zero-order valence-corrected chi connectivity index (χ0v) is 10.6. The van der Waals surface area contributed by atoms with Crippen LogP contribution >= 0.6 is 0 Å². The van der Waals surface area contributed by atoms with E-state index in [0.717, 1.165) is 18.7 Å². The number of H-pyrrole nitrogens is 1. The minimum absolute atomic E-state index is 0.328. The van der Waals surface area contributed by atoms with Crippen molar-refractivity contribution in [3.05, 3.63) is 17.2 Å². The van der Waals surface area contributed by atoms with Crippen LogP contribution in [0.15, 0.2) is 0 Å². The van der Waals surface area contributed by atoms with E-state index < -0.39 is 12.1 Å². The highest BCUT2D eigenvalue weighted by Crippen LogP contribution is 2.12. The molecule has 0 aliphatic heterocycles. The highest BCUT2D eigenvalue weighted by Gasteiger charge is 2.19. The summed E-state index contributed by atoms with van der Waals surface area (Å²) in [6.07, 6.45) is 1.56. The van der Waals surface area contributed by atoms with Crippen LogP contribution in [0.2, 0.25) is 0 Å². The maximum atomic E-state index is 11.7. The molecule has 17 heavy (non-hydrogen) atoms. The summed E-state index contributed by atoms with van der Waals surface area (Å²) in [5.74, 6) is 0.365. The summed E-state index contributed by atoms with van der Waals surface area (Å²) in [6.45, 7) is 5.80. The number of imidazole rings is 1. The van der Waals surface area contributed by atoms with Gasteiger partial charge in [0.05, 0.1) is 18.4 Å². The summed E-state index contributed by atoms with van der Waals surface area (Å²) in [5, 5.41) is 9.38. The predicted octanol–water partition coefficient (Wildman–Crippen LogP) is 1.46. The number of aryl methyl sites for hydroxylation is 1. The summed E-state index contributed by atoms with van der Waals surface area (Å²) in [4.78, 5) is 19.0. The third-order valence-electron chi connectivity index (χ3n) is 2.28. The summed E-state index contributed by atoms with van der Waals surface area (Å²) in [5.41, 5.74) is 0.957. The second-order valence-corrected chi connectivity index (χ2v) is 4.03. The number of hydrogen-bond donors (Lipinski definition) is 2. The van der Waals surface area contributed by atoms with Crippen LogP contribution in [0.25, 0.3) is 0 Å². The Bertz CT molecular complexity index is 372. The number of hydrogen-bond acceptors (Lipinski definition) is 4. The van der Waals surface area contributed by atoms with E-state index in [9.17, 15) is 9.90 Å². The highest BCUT2D eigenvalue weighted by molar-refractivity contribution is 5.88. The molecule has 1 heterocycles. The van der Waals surface area contributed by atoms with E-state index in [-0.39, 0.29) is 0 Å². The second-order valence-electron chi connectivity index (χ2n) is 4.03. The van der Waals surface area contributed by atoms with Crippen molar-refractivity contribution in [1.29, 1.82) is 0 Å². The van der Waals surface area contributed by atoms with Crippen molar-refractivity contribution in [3.8, 4) is 0 Å². The lowest BCUT2D eigenvalue weighted by molar-refractivity contribution is 0.0518. The minimum atomic E-state index is -0.527. The molecule has 0 fully saturated rings. The molecule has 0 saturated heterocycles.